The first-order valence-electron chi connectivity index (χ1n) is 8.28. The van der Waals surface area contributed by atoms with Gasteiger partial charge in [0.2, 0.25) is 0 Å². The van der Waals surface area contributed by atoms with Gasteiger partial charge in [0.1, 0.15) is 0 Å². The standard InChI is InChI=1S/C18H30N2O/c1-5-8-14-20(15(4)7-3)18(21)16-9-11-17(12-10-16)19-13-6-2/h9-12,15,19H,5-8,13-14H2,1-4H3. The van der Waals surface area contributed by atoms with E-state index in [9.17, 15) is 4.79 Å². The van der Waals surface area contributed by atoms with E-state index in [4.69, 9.17) is 0 Å². The molecule has 0 spiro atoms. The van der Waals surface area contributed by atoms with Crippen LogP contribution in [0.3, 0.4) is 0 Å². The van der Waals surface area contributed by atoms with Crippen molar-refractivity contribution < 1.29 is 4.79 Å². The molecule has 0 aliphatic heterocycles. The summed E-state index contributed by atoms with van der Waals surface area (Å²) in [6.07, 6.45) is 4.26. The second kappa shape index (κ2) is 9.43. The number of anilines is 1. The maximum Gasteiger partial charge on any atom is 0.254 e. The maximum atomic E-state index is 12.7. The molecule has 0 heterocycles. The minimum atomic E-state index is 0.153. The molecule has 1 aromatic carbocycles. The van der Waals surface area contributed by atoms with E-state index in [1.165, 1.54) is 0 Å². The first kappa shape index (κ1) is 17.5. The lowest BCUT2D eigenvalue weighted by molar-refractivity contribution is 0.0685. The molecule has 1 atom stereocenters. The Morgan fingerprint density at radius 1 is 1.14 bits per heavy atom. The Hall–Kier alpha value is -1.51. The number of rotatable bonds is 9. The van der Waals surface area contributed by atoms with Crippen molar-refractivity contribution in [3.05, 3.63) is 29.8 Å². The van der Waals surface area contributed by atoms with Crippen molar-refractivity contribution in [2.75, 3.05) is 18.4 Å². The van der Waals surface area contributed by atoms with Crippen molar-refractivity contribution in [2.45, 2.75) is 59.4 Å². The van der Waals surface area contributed by atoms with Crippen LogP contribution in [0.1, 0.15) is 63.7 Å². The minimum Gasteiger partial charge on any atom is -0.385 e. The molecule has 0 saturated carbocycles. The Bertz CT molecular complexity index is 414. The highest BCUT2D eigenvalue weighted by Crippen LogP contribution is 2.15. The largest absolute Gasteiger partial charge is 0.385 e. The molecule has 3 nitrogen and oxygen atoms in total. The lowest BCUT2D eigenvalue weighted by Crippen LogP contribution is -2.39. The van der Waals surface area contributed by atoms with Crippen LogP contribution in [-0.2, 0) is 0 Å². The molecule has 0 fully saturated rings. The number of hydrogen-bond donors (Lipinski definition) is 1. The summed E-state index contributed by atoms with van der Waals surface area (Å²) in [5, 5.41) is 3.33. The van der Waals surface area contributed by atoms with Crippen molar-refractivity contribution >= 4 is 11.6 Å². The van der Waals surface area contributed by atoms with Crippen LogP contribution in [0, 0.1) is 0 Å². The number of carbonyl (C=O) groups excluding carboxylic acids is 1. The molecule has 3 heteroatoms. The zero-order valence-electron chi connectivity index (χ0n) is 14.0. The van der Waals surface area contributed by atoms with Crippen LogP contribution in [0.2, 0.25) is 0 Å². The fraction of sp³-hybridized carbons (Fsp3) is 0.611. The van der Waals surface area contributed by atoms with Gasteiger partial charge in [-0.3, -0.25) is 4.79 Å². The summed E-state index contributed by atoms with van der Waals surface area (Å²) in [5.41, 5.74) is 1.87. The molecule has 1 amide bonds. The van der Waals surface area contributed by atoms with E-state index in [1.807, 2.05) is 29.2 Å². The van der Waals surface area contributed by atoms with Crippen LogP contribution >= 0.6 is 0 Å². The van der Waals surface area contributed by atoms with Gasteiger partial charge in [-0.1, -0.05) is 27.2 Å². The minimum absolute atomic E-state index is 0.153. The Balaban J connectivity index is 2.77. The SMILES string of the molecule is CCCCN(C(=O)c1ccc(NCCC)cc1)C(C)CC. The molecule has 0 bridgehead atoms. The van der Waals surface area contributed by atoms with Crippen molar-refractivity contribution in [3.63, 3.8) is 0 Å². The van der Waals surface area contributed by atoms with E-state index in [1.54, 1.807) is 0 Å². The van der Waals surface area contributed by atoms with E-state index in [-0.39, 0.29) is 5.91 Å². The number of nitrogens with zero attached hydrogens (tertiary/aromatic N) is 1. The van der Waals surface area contributed by atoms with Gasteiger partial charge in [0.25, 0.3) is 5.91 Å². The Morgan fingerprint density at radius 3 is 2.33 bits per heavy atom. The molecule has 118 valence electrons. The Labute approximate surface area is 129 Å². The third-order valence-electron chi connectivity index (χ3n) is 3.85. The highest BCUT2D eigenvalue weighted by atomic mass is 16.2. The summed E-state index contributed by atoms with van der Waals surface area (Å²) >= 11 is 0. The highest BCUT2D eigenvalue weighted by molar-refractivity contribution is 5.94. The van der Waals surface area contributed by atoms with E-state index in [2.05, 4.69) is 33.0 Å². The summed E-state index contributed by atoms with van der Waals surface area (Å²) in [7, 11) is 0. The Morgan fingerprint density at radius 2 is 1.81 bits per heavy atom. The monoisotopic (exact) mass is 290 g/mol. The van der Waals surface area contributed by atoms with Gasteiger partial charge in [0.05, 0.1) is 0 Å². The first-order chi connectivity index (χ1) is 10.1. The average Bonchev–Trinajstić information content (AvgIpc) is 2.53. The van der Waals surface area contributed by atoms with E-state index < -0.39 is 0 Å². The van der Waals surface area contributed by atoms with Crippen LogP contribution in [0.5, 0.6) is 0 Å². The zero-order valence-corrected chi connectivity index (χ0v) is 14.0. The summed E-state index contributed by atoms with van der Waals surface area (Å²) in [6.45, 7) is 10.4. The lowest BCUT2D eigenvalue weighted by Gasteiger charge is -2.28. The number of unbranched alkanes of at least 4 members (excludes halogenated alkanes) is 1. The predicted molar refractivity (Wildman–Crippen MR) is 90.9 cm³/mol. The van der Waals surface area contributed by atoms with Crippen LogP contribution in [0.15, 0.2) is 24.3 Å². The van der Waals surface area contributed by atoms with Gasteiger partial charge in [0.15, 0.2) is 0 Å². The predicted octanol–water partition coefficient (Wildman–Crippen LogP) is 4.55. The van der Waals surface area contributed by atoms with Gasteiger partial charge in [-0.05, 0) is 50.5 Å². The Kier molecular flexibility index (Phi) is 7.88. The van der Waals surface area contributed by atoms with E-state index >= 15 is 0 Å². The van der Waals surface area contributed by atoms with Crippen molar-refractivity contribution in [1.29, 1.82) is 0 Å². The summed E-state index contributed by atoms with van der Waals surface area (Å²) in [5.74, 6) is 0.153. The number of carbonyl (C=O) groups is 1. The molecule has 0 aromatic heterocycles. The fourth-order valence-electron chi connectivity index (χ4n) is 2.24. The van der Waals surface area contributed by atoms with Crippen LogP contribution < -0.4 is 5.32 Å². The topological polar surface area (TPSA) is 32.3 Å². The maximum absolute atomic E-state index is 12.7. The lowest BCUT2D eigenvalue weighted by atomic mass is 10.1. The van der Waals surface area contributed by atoms with Gasteiger partial charge in [0, 0.05) is 30.4 Å². The normalized spacial score (nSPS) is 12.0. The third-order valence-corrected chi connectivity index (χ3v) is 3.85. The molecular formula is C18H30N2O. The summed E-state index contributed by atoms with van der Waals surface area (Å²) in [6, 6.07) is 8.15. The average molecular weight is 290 g/mol. The number of nitrogens with one attached hydrogen (secondary N) is 1. The van der Waals surface area contributed by atoms with E-state index in [0.29, 0.717) is 6.04 Å². The van der Waals surface area contributed by atoms with Crippen molar-refractivity contribution in [2.24, 2.45) is 0 Å². The number of amides is 1. The van der Waals surface area contributed by atoms with Gasteiger partial charge in [-0.15, -0.1) is 0 Å². The molecule has 0 saturated heterocycles. The second-order valence-corrected chi connectivity index (χ2v) is 5.61. The molecule has 21 heavy (non-hydrogen) atoms. The van der Waals surface area contributed by atoms with E-state index in [0.717, 1.165) is 50.0 Å². The van der Waals surface area contributed by atoms with Crippen molar-refractivity contribution in [3.8, 4) is 0 Å². The fourth-order valence-corrected chi connectivity index (χ4v) is 2.24. The molecule has 1 rings (SSSR count). The molecule has 0 aliphatic rings. The molecule has 1 N–H and O–H groups in total. The van der Waals surface area contributed by atoms with Crippen molar-refractivity contribution in [1.82, 2.24) is 4.90 Å². The van der Waals surface area contributed by atoms with Crippen LogP contribution in [0.25, 0.3) is 0 Å². The van der Waals surface area contributed by atoms with Gasteiger partial charge >= 0.3 is 0 Å². The number of benzene rings is 1. The van der Waals surface area contributed by atoms with Gasteiger partial charge in [-0.2, -0.15) is 0 Å². The number of hydrogen-bond acceptors (Lipinski definition) is 2. The molecule has 1 aromatic rings. The highest BCUT2D eigenvalue weighted by Gasteiger charge is 2.19. The zero-order chi connectivity index (χ0) is 15.7. The third kappa shape index (κ3) is 5.41. The quantitative estimate of drug-likeness (QED) is 0.723. The van der Waals surface area contributed by atoms with Gasteiger partial charge < -0.3 is 10.2 Å². The summed E-state index contributed by atoms with van der Waals surface area (Å²) in [4.78, 5) is 14.7. The van der Waals surface area contributed by atoms with Crippen LogP contribution in [-0.4, -0.2) is 29.9 Å². The van der Waals surface area contributed by atoms with Crippen LogP contribution in [0.4, 0.5) is 5.69 Å². The van der Waals surface area contributed by atoms with Gasteiger partial charge in [-0.25, -0.2) is 0 Å². The smallest absolute Gasteiger partial charge is 0.254 e. The molecular weight excluding hydrogens is 260 g/mol. The summed E-state index contributed by atoms with van der Waals surface area (Å²) < 4.78 is 0. The molecule has 0 aliphatic carbocycles. The molecule has 0 radical (unpaired) electrons. The second-order valence-electron chi connectivity index (χ2n) is 5.61. The molecule has 1 unspecified atom stereocenters. The first-order valence-corrected chi connectivity index (χ1v) is 8.28.